The molecule has 32 heavy (non-hydrogen) atoms. The molecule has 1 atom stereocenters. The highest BCUT2D eigenvalue weighted by Crippen LogP contribution is 2.34. The molecule has 170 valence electrons. The summed E-state index contributed by atoms with van der Waals surface area (Å²) in [4.78, 5) is 37.4. The van der Waals surface area contributed by atoms with Crippen molar-refractivity contribution in [3.05, 3.63) is 35.8 Å². The predicted molar refractivity (Wildman–Crippen MR) is 118 cm³/mol. The van der Waals surface area contributed by atoms with E-state index in [0.717, 1.165) is 0 Å². The Labute approximate surface area is 186 Å². The second-order valence-corrected chi connectivity index (χ2v) is 8.50. The van der Waals surface area contributed by atoms with Gasteiger partial charge in [-0.2, -0.15) is 4.98 Å². The topological polar surface area (TPSA) is 99.7 Å². The quantitative estimate of drug-likeness (QED) is 0.706. The van der Waals surface area contributed by atoms with E-state index in [1.165, 1.54) is 24.3 Å². The number of aryl methyl sites for hydroxylation is 1. The zero-order valence-electron chi connectivity index (χ0n) is 18.6. The lowest BCUT2D eigenvalue weighted by Crippen LogP contribution is -2.58. The predicted octanol–water partition coefficient (Wildman–Crippen LogP) is 2.04. The van der Waals surface area contributed by atoms with Crippen molar-refractivity contribution in [1.82, 2.24) is 14.9 Å². The van der Waals surface area contributed by atoms with Crippen LogP contribution in [0.3, 0.4) is 0 Å². The van der Waals surface area contributed by atoms with Crippen LogP contribution in [0.2, 0.25) is 0 Å². The molecule has 0 unspecified atom stereocenters. The summed E-state index contributed by atoms with van der Waals surface area (Å²) in [6.07, 6.45) is 0. The van der Waals surface area contributed by atoms with Crippen molar-refractivity contribution >= 4 is 29.3 Å². The average Bonchev–Trinajstić information content (AvgIpc) is 2.70. The molecule has 0 bridgehead atoms. The number of amides is 2. The number of benzene rings is 1. The number of aromatic nitrogens is 2. The Morgan fingerprint density at radius 1 is 1.28 bits per heavy atom. The number of anilines is 3. The Morgan fingerprint density at radius 2 is 1.97 bits per heavy atom. The zero-order valence-corrected chi connectivity index (χ0v) is 18.6. The van der Waals surface area contributed by atoms with E-state index in [1.54, 1.807) is 4.90 Å². The molecular weight excluding hydrogens is 415 g/mol. The van der Waals surface area contributed by atoms with Crippen molar-refractivity contribution in [2.75, 3.05) is 42.3 Å². The molecule has 1 saturated heterocycles. The number of ether oxygens (including phenoxy) is 1. The SMILES string of the molecule is Cc1nc(NC2CN(C(=O)COc3ccc(F)cc3)C2)nc2c1NC(=O)[C@H](C(C)C)N2C. The first-order valence-electron chi connectivity index (χ1n) is 10.6. The third kappa shape index (κ3) is 4.30. The number of carbonyl (C=O) groups excluding carboxylic acids is 2. The summed E-state index contributed by atoms with van der Waals surface area (Å²) >= 11 is 0. The average molecular weight is 442 g/mol. The molecule has 1 aromatic heterocycles. The standard InChI is InChI=1S/C22H27FN6O3/c1-12(2)19-21(31)26-18-13(3)24-22(27-20(18)28(19)4)25-15-9-29(10-15)17(30)11-32-16-7-5-14(23)6-8-16/h5-8,12,15,19H,9-11H2,1-4H3,(H,26,31)(H,24,25,27)/t19-/m0/s1. The summed E-state index contributed by atoms with van der Waals surface area (Å²) in [6.45, 7) is 6.74. The Bertz CT molecular complexity index is 1020. The maximum atomic E-state index is 12.9. The van der Waals surface area contributed by atoms with Gasteiger partial charge in [-0.3, -0.25) is 9.59 Å². The van der Waals surface area contributed by atoms with Crippen LogP contribution in [0, 0.1) is 18.7 Å². The van der Waals surface area contributed by atoms with Gasteiger partial charge in [0, 0.05) is 20.1 Å². The summed E-state index contributed by atoms with van der Waals surface area (Å²) in [5, 5.41) is 6.20. The molecule has 4 rings (SSSR count). The minimum Gasteiger partial charge on any atom is -0.484 e. The van der Waals surface area contributed by atoms with Crippen LogP contribution in [0.25, 0.3) is 0 Å². The molecular formula is C22H27FN6O3. The van der Waals surface area contributed by atoms with Crippen LogP contribution >= 0.6 is 0 Å². The number of nitrogens with one attached hydrogen (secondary N) is 2. The first-order valence-corrected chi connectivity index (χ1v) is 10.6. The zero-order chi connectivity index (χ0) is 23.0. The summed E-state index contributed by atoms with van der Waals surface area (Å²) in [5.41, 5.74) is 1.31. The van der Waals surface area contributed by atoms with Crippen molar-refractivity contribution in [3.63, 3.8) is 0 Å². The fourth-order valence-electron chi connectivity index (χ4n) is 4.00. The van der Waals surface area contributed by atoms with Crippen LogP contribution < -0.4 is 20.3 Å². The molecule has 1 fully saturated rings. The van der Waals surface area contributed by atoms with E-state index in [0.29, 0.717) is 42.0 Å². The van der Waals surface area contributed by atoms with E-state index < -0.39 is 0 Å². The number of hydrogen-bond donors (Lipinski definition) is 2. The molecule has 3 heterocycles. The van der Waals surface area contributed by atoms with Gasteiger partial charge in [-0.25, -0.2) is 9.37 Å². The van der Waals surface area contributed by atoms with E-state index in [-0.39, 0.29) is 42.2 Å². The van der Waals surface area contributed by atoms with Gasteiger partial charge in [0.2, 0.25) is 11.9 Å². The number of rotatable bonds is 6. The monoisotopic (exact) mass is 442 g/mol. The third-order valence-corrected chi connectivity index (χ3v) is 5.71. The van der Waals surface area contributed by atoms with Gasteiger partial charge in [-0.15, -0.1) is 0 Å². The highest BCUT2D eigenvalue weighted by molar-refractivity contribution is 6.03. The molecule has 0 aliphatic carbocycles. The van der Waals surface area contributed by atoms with Crippen molar-refractivity contribution in [1.29, 1.82) is 0 Å². The second kappa shape index (κ2) is 8.60. The molecule has 0 radical (unpaired) electrons. The molecule has 0 saturated carbocycles. The number of nitrogens with zero attached hydrogens (tertiary/aromatic N) is 4. The largest absolute Gasteiger partial charge is 0.484 e. The summed E-state index contributed by atoms with van der Waals surface area (Å²) in [7, 11) is 1.86. The smallest absolute Gasteiger partial charge is 0.260 e. The number of hydrogen-bond acceptors (Lipinski definition) is 7. The van der Waals surface area contributed by atoms with E-state index in [9.17, 15) is 14.0 Å². The van der Waals surface area contributed by atoms with Crippen LogP contribution in [0.15, 0.2) is 24.3 Å². The minimum absolute atomic E-state index is 0.0200. The lowest BCUT2D eigenvalue weighted by molar-refractivity contribution is -0.137. The molecule has 2 amide bonds. The molecule has 10 heteroatoms. The molecule has 2 aliphatic heterocycles. The molecule has 9 nitrogen and oxygen atoms in total. The Kier molecular flexibility index (Phi) is 5.86. The van der Waals surface area contributed by atoms with Gasteiger partial charge in [0.1, 0.15) is 23.3 Å². The highest BCUT2D eigenvalue weighted by atomic mass is 19.1. The molecule has 1 aromatic carbocycles. The van der Waals surface area contributed by atoms with Gasteiger partial charge in [0.25, 0.3) is 5.91 Å². The van der Waals surface area contributed by atoms with Crippen molar-refractivity contribution in [2.45, 2.75) is 32.9 Å². The van der Waals surface area contributed by atoms with Gasteiger partial charge in [-0.1, -0.05) is 13.8 Å². The van der Waals surface area contributed by atoms with Gasteiger partial charge >= 0.3 is 0 Å². The van der Waals surface area contributed by atoms with Crippen LogP contribution in [0.1, 0.15) is 19.5 Å². The van der Waals surface area contributed by atoms with E-state index in [1.807, 2.05) is 32.7 Å². The number of fused-ring (bicyclic) bond motifs is 1. The Balaban J connectivity index is 1.34. The number of likely N-dealkylation sites (tertiary alicyclic amines) is 1. The molecule has 2 aliphatic rings. The maximum Gasteiger partial charge on any atom is 0.260 e. The summed E-state index contributed by atoms with van der Waals surface area (Å²) in [6, 6.07) is 5.27. The Hall–Kier alpha value is -3.43. The van der Waals surface area contributed by atoms with Crippen LogP contribution in [-0.2, 0) is 9.59 Å². The molecule has 2 N–H and O–H groups in total. The highest BCUT2D eigenvalue weighted by Gasteiger charge is 2.36. The van der Waals surface area contributed by atoms with E-state index in [2.05, 4.69) is 20.6 Å². The lowest BCUT2D eigenvalue weighted by atomic mass is 9.99. The fraction of sp³-hybridized carbons (Fsp3) is 0.455. The lowest BCUT2D eigenvalue weighted by Gasteiger charge is -2.40. The van der Waals surface area contributed by atoms with Gasteiger partial charge in [0.05, 0.1) is 11.7 Å². The van der Waals surface area contributed by atoms with Gasteiger partial charge in [-0.05, 0) is 37.1 Å². The third-order valence-electron chi connectivity index (χ3n) is 5.71. The number of halogens is 1. The minimum atomic E-state index is -0.353. The second-order valence-electron chi connectivity index (χ2n) is 8.50. The van der Waals surface area contributed by atoms with E-state index >= 15 is 0 Å². The fourth-order valence-corrected chi connectivity index (χ4v) is 4.00. The number of carbonyl (C=O) groups is 2. The van der Waals surface area contributed by atoms with Crippen molar-refractivity contribution in [2.24, 2.45) is 5.92 Å². The summed E-state index contributed by atoms with van der Waals surface area (Å²) in [5.74, 6) is 1.17. The van der Waals surface area contributed by atoms with Crippen LogP contribution in [-0.4, -0.2) is 65.5 Å². The van der Waals surface area contributed by atoms with Crippen molar-refractivity contribution < 1.29 is 18.7 Å². The van der Waals surface area contributed by atoms with Crippen LogP contribution in [0.5, 0.6) is 5.75 Å². The van der Waals surface area contributed by atoms with Gasteiger partial charge < -0.3 is 25.2 Å². The van der Waals surface area contributed by atoms with Crippen LogP contribution in [0.4, 0.5) is 21.8 Å². The van der Waals surface area contributed by atoms with Gasteiger partial charge in [0.15, 0.2) is 12.4 Å². The summed E-state index contributed by atoms with van der Waals surface area (Å²) < 4.78 is 18.4. The maximum absolute atomic E-state index is 12.9. The Morgan fingerprint density at radius 3 is 2.62 bits per heavy atom. The molecule has 0 spiro atoms. The number of likely N-dealkylation sites (N-methyl/N-ethyl adjacent to an activating group) is 1. The molecule has 2 aromatic rings. The van der Waals surface area contributed by atoms with E-state index in [4.69, 9.17) is 4.74 Å². The first kappa shape index (κ1) is 21.8. The van der Waals surface area contributed by atoms with Crippen molar-refractivity contribution in [3.8, 4) is 5.75 Å². The first-order chi connectivity index (χ1) is 15.2. The normalized spacial score (nSPS) is 18.2.